The number of aromatic nitrogens is 1. The fourth-order valence-electron chi connectivity index (χ4n) is 5.86. The lowest BCUT2D eigenvalue weighted by Crippen LogP contribution is -2.31. The second-order valence-electron chi connectivity index (χ2n) is 10.3. The van der Waals surface area contributed by atoms with Crippen molar-refractivity contribution < 1.29 is 23.4 Å². The molecule has 2 aromatic rings. The minimum Gasteiger partial charge on any atom is -0.388 e. The number of allylic oxidation sites excluding steroid dienone is 2. The molecule has 1 aromatic heterocycles. The van der Waals surface area contributed by atoms with Crippen molar-refractivity contribution >= 4 is 5.57 Å². The summed E-state index contributed by atoms with van der Waals surface area (Å²) in [6, 6.07) is 3.59. The lowest BCUT2D eigenvalue weighted by atomic mass is 9.69. The summed E-state index contributed by atoms with van der Waals surface area (Å²) in [4.78, 5) is 4.93. The van der Waals surface area contributed by atoms with Crippen molar-refractivity contribution in [1.29, 1.82) is 0 Å². The zero-order valence-electron chi connectivity index (χ0n) is 18.6. The molecule has 3 atom stereocenters. The van der Waals surface area contributed by atoms with Gasteiger partial charge in [-0.2, -0.15) is 13.2 Å². The number of alkyl halides is 3. The van der Waals surface area contributed by atoms with Crippen molar-refractivity contribution in [2.24, 2.45) is 5.41 Å². The Balaban J connectivity index is 1.77. The second-order valence-corrected chi connectivity index (χ2v) is 10.3. The molecule has 6 heteroatoms. The molecule has 3 aliphatic carbocycles. The fourth-order valence-corrected chi connectivity index (χ4v) is 5.86. The van der Waals surface area contributed by atoms with Crippen molar-refractivity contribution in [3.05, 3.63) is 69.0 Å². The standard InChI is InChI=1S/C26H28F3NO2/c1-13-17-10-15(26(27,28)29)8-9-16(17)24(32)22-20(14-6-4-5-7-14)21-18(30-23(13)22)11-25(2,3)12-19(21)31/h6,8-10,13,19,24,31-32H,4-5,7,11-12H2,1-3H3/t13?,19?,24-/m0/s1. The van der Waals surface area contributed by atoms with Crippen molar-refractivity contribution in [1.82, 2.24) is 4.98 Å². The molecule has 32 heavy (non-hydrogen) atoms. The number of halogens is 3. The number of hydrogen-bond donors (Lipinski definition) is 2. The Morgan fingerprint density at radius 3 is 2.50 bits per heavy atom. The van der Waals surface area contributed by atoms with Gasteiger partial charge in [-0.05, 0) is 71.9 Å². The van der Waals surface area contributed by atoms with E-state index >= 15 is 0 Å². The van der Waals surface area contributed by atoms with Crippen LogP contribution in [0.2, 0.25) is 0 Å². The van der Waals surface area contributed by atoms with Crippen LogP contribution in [0.5, 0.6) is 0 Å². The molecular weight excluding hydrogens is 415 g/mol. The predicted molar refractivity (Wildman–Crippen MR) is 116 cm³/mol. The Morgan fingerprint density at radius 1 is 1.09 bits per heavy atom. The summed E-state index contributed by atoms with van der Waals surface area (Å²) >= 11 is 0. The Kier molecular flexibility index (Phi) is 4.84. The number of benzene rings is 1. The summed E-state index contributed by atoms with van der Waals surface area (Å²) in [7, 11) is 0. The van der Waals surface area contributed by atoms with Crippen molar-refractivity contribution in [3.63, 3.8) is 0 Å². The number of nitrogens with zero attached hydrogens (tertiary/aromatic N) is 1. The third-order valence-corrected chi connectivity index (χ3v) is 7.33. The third kappa shape index (κ3) is 3.30. The van der Waals surface area contributed by atoms with Gasteiger partial charge >= 0.3 is 6.18 Å². The quantitative estimate of drug-likeness (QED) is 0.550. The van der Waals surface area contributed by atoms with Crippen LogP contribution in [0.1, 0.15) is 109 Å². The molecule has 3 aliphatic rings. The highest BCUT2D eigenvalue weighted by molar-refractivity contribution is 5.76. The van der Waals surface area contributed by atoms with Gasteiger partial charge in [-0.25, -0.2) is 0 Å². The average Bonchev–Trinajstić information content (AvgIpc) is 3.23. The van der Waals surface area contributed by atoms with E-state index in [-0.39, 0.29) is 11.3 Å². The number of pyridine rings is 1. The molecular formula is C26H28F3NO2. The van der Waals surface area contributed by atoms with Gasteiger partial charge in [0.15, 0.2) is 0 Å². The first-order valence-electron chi connectivity index (χ1n) is 11.3. The molecule has 0 bridgehead atoms. The van der Waals surface area contributed by atoms with Gasteiger partial charge in [-0.15, -0.1) is 0 Å². The highest BCUT2D eigenvalue weighted by atomic mass is 19.4. The normalized spacial score (nSPS) is 26.2. The molecule has 3 nitrogen and oxygen atoms in total. The molecule has 0 aliphatic heterocycles. The zero-order chi connectivity index (χ0) is 23.0. The van der Waals surface area contributed by atoms with Gasteiger partial charge in [0.05, 0.1) is 17.4 Å². The van der Waals surface area contributed by atoms with E-state index in [0.29, 0.717) is 35.2 Å². The molecule has 170 valence electrons. The van der Waals surface area contributed by atoms with Crippen LogP contribution in [-0.2, 0) is 12.6 Å². The molecule has 1 heterocycles. The average molecular weight is 444 g/mol. The molecule has 0 fully saturated rings. The van der Waals surface area contributed by atoms with E-state index in [9.17, 15) is 23.4 Å². The lowest BCUT2D eigenvalue weighted by Gasteiger charge is -2.39. The van der Waals surface area contributed by atoms with Crippen molar-refractivity contribution in [3.8, 4) is 0 Å². The van der Waals surface area contributed by atoms with Crippen LogP contribution < -0.4 is 0 Å². The maximum absolute atomic E-state index is 13.4. The fraction of sp³-hybridized carbons (Fsp3) is 0.500. The molecule has 0 amide bonds. The molecule has 0 radical (unpaired) electrons. The van der Waals surface area contributed by atoms with Gasteiger partial charge in [-0.3, -0.25) is 4.98 Å². The van der Waals surface area contributed by atoms with Crippen LogP contribution in [-0.4, -0.2) is 15.2 Å². The summed E-state index contributed by atoms with van der Waals surface area (Å²) in [5.41, 5.74) is 5.02. The first kappa shape index (κ1) is 21.7. The third-order valence-electron chi connectivity index (χ3n) is 7.33. The van der Waals surface area contributed by atoms with Crippen molar-refractivity contribution in [2.75, 3.05) is 0 Å². The first-order chi connectivity index (χ1) is 15.0. The van der Waals surface area contributed by atoms with E-state index in [0.717, 1.165) is 53.8 Å². The van der Waals surface area contributed by atoms with E-state index < -0.39 is 23.9 Å². The molecule has 0 saturated carbocycles. The maximum Gasteiger partial charge on any atom is 0.416 e. The Labute approximate surface area is 186 Å². The molecule has 2 N–H and O–H groups in total. The van der Waals surface area contributed by atoms with Crippen LogP contribution >= 0.6 is 0 Å². The van der Waals surface area contributed by atoms with E-state index in [1.807, 2.05) is 6.92 Å². The maximum atomic E-state index is 13.4. The van der Waals surface area contributed by atoms with Gasteiger partial charge in [-0.1, -0.05) is 32.9 Å². The zero-order valence-corrected chi connectivity index (χ0v) is 18.6. The van der Waals surface area contributed by atoms with Gasteiger partial charge in [0.25, 0.3) is 0 Å². The molecule has 2 unspecified atom stereocenters. The highest BCUT2D eigenvalue weighted by Gasteiger charge is 2.42. The lowest BCUT2D eigenvalue weighted by molar-refractivity contribution is -0.137. The summed E-state index contributed by atoms with van der Waals surface area (Å²) < 4.78 is 40.2. The minimum atomic E-state index is -4.45. The van der Waals surface area contributed by atoms with Crippen LogP contribution in [0.25, 0.3) is 5.57 Å². The van der Waals surface area contributed by atoms with Gasteiger partial charge in [0, 0.05) is 22.7 Å². The molecule has 5 rings (SSSR count). The number of aliphatic hydroxyl groups is 2. The van der Waals surface area contributed by atoms with Gasteiger partial charge in [0.2, 0.25) is 0 Å². The topological polar surface area (TPSA) is 53.4 Å². The van der Waals surface area contributed by atoms with Crippen LogP contribution in [0, 0.1) is 5.41 Å². The van der Waals surface area contributed by atoms with Crippen LogP contribution in [0.3, 0.4) is 0 Å². The van der Waals surface area contributed by atoms with E-state index in [2.05, 4.69) is 19.9 Å². The first-order valence-corrected chi connectivity index (χ1v) is 11.3. The summed E-state index contributed by atoms with van der Waals surface area (Å²) in [5.74, 6) is -0.390. The number of hydrogen-bond acceptors (Lipinski definition) is 3. The highest BCUT2D eigenvalue weighted by Crippen LogP contribution is 2.52. The summed E-state index contributed by atoms with van der Waals surface area (Å²) in [6.07, 6.45) is 0.0805. The summed E-state index contributed by atoms with van der Waals surface area (Å²) in [5, 5.41) is 22.6. The number of fused-ring (bicyclic) bond motifs is 3. The monoisotopic (exact) mass is 443 g/mol. The minimum absolute atomic E-state index is 0.132. The predicted octanol–water partition coefficient (Wildman–Crippen LogP) is 6.22. The molecule has 0 spiro atoms. The summed E-state index contributed by atoms with van der Waals surface area (Å²) in [6.45, 7) is 6.05. The smallest absolute Gasteiger partial charge is 0.388 e. The Morgan fingerprint density at radius 2 is 1.84 bits per heavy atom. The molecule has 0 saturated heterocycles. The van der Waals surface area contributed by atoms with Crippen LogP contribution in [0.4, 0.5) is 13.2 Å². The van der Waals surface area contributed by atoms with Crippen LogP contribution in [0.15, 0.2) is 24.3 Å². The van der Waals surface area contributed by atoms with E-state index in [4.69, 9.17) is 4.98 Å². The van der Waals surface area contributed by atoms with Gasteiger partial charge < -0.3 is 10.2 Å². The number of aliphatic hydroxyl groups excluding tert-OH is 2. The Bertz CT molecular complexity index is 1130. The van der Waals surface area contributed by atoms with Crippen molar-refractivity contribution in [2.45, 2.75) is 77.2 Å². The largest absolute Gasteiger partial charge is 0.416 e. The van der Waals surface area contributed by atoms with E-state index in [1.165, 1.54) is 6.07 Å². The second kappa shape index (κ2) is 7.16. The number of rotatable bonds is 1. The Hall–Kier alpha value is -2.18. The SMILES string of the molecule is CC1c2cc(C(F)(F)F)ccc2[C@H](O)c2c1nc1c(c2C2=CCCC2)C(O)CC(C)(C)C1. The van der Waals surface area contributed by atoms with Gasteiger partial charge in [0.1, 0.15) is 6.10 Å². The molecule has 1 aromatic carbocycles. The van der Waals surface area contributed by atoms with E-state index in [1.54, 1.807) is 0 Å².